The molecule has 0 aliphatic rings. The van der Waals surface area contributed by atoms with E-state index < -0.39 is 11.7 Å². The molecule has 1 N–H and O–H groups in total. The maximum absolute atomic E-state index is 13.2. The molecular formula is C22H16F4N4S. The van der Waals surface area contributed by atoms with Crippen molar-refractivity contribution >= 4 is 23.0 Å². The smallest absolute Gasteiger partial charge is 0.324 e. The van der Waals surface area contributed by atoms with E-state index in [1.165, 1.54) is 35.6 Å². The van der Waals surface area contributed by atoms with Crippen LogP contribution in [0.5, 0.6) is 0 Å². The summed E-state index contributed by atoms with van der Waals surface area (Å²) in [7, 11) is 0. The normalized spacial score (nSPS) is 11.5. The third-order valence-electron chi connectivity index (χ3n) is 4.47. The molecule has 0 spiro atoms. The molecule has 4 rings (SSSR count). The van der Waals surface area contributed by atoms with Crippen molar-refractivity contribution in [3.8, 4) is 21.8 Å². The number of anilines is 2. The van der Waals surface area contributed by atoms with E-state index in [1.54, 1.807) is 18.2 Å². The van der Waals surface area contributed by atoms with Crippen molar-refractivity contribution in [2.45, 2.75) is 20.0 Å². The van der Waals surface area contributed by atoms with Gasteiger partial charge in [-0.25, -0.2) is 19.3 Å². The van der Waals surface area contributed by atoms with E-state index in [4.69, 9.17) is 0 Å². The highest BCUT2D eigenvalue weighted by Crippen LogP contribution is 2.34. The largest absolute Gasteiger partial charge is 0.416 e. The Labute approximate surface area is 179 Å². The van der Waals surface area contributed by atoms with Gasteiger partial charge in [0.25, 0.3) is 0 Å². The second-order valence-corrected chi connectivity index (χ2v) is 8.02. The zero-order valence-electron chi connectivity index (χ0n) is 16.5. The van der Waals surface area contributed by atoms with Crippen LogP contribution in [0.25, 0.3) is 21.8 Å². The number of hydrogen-bond donors (Lipinski definition) is 1. The van der Waals surface area contributed by atoms with Gasteiger partial charge in [-0.1, -0.05) is 12.1 Å². The maximum atomic E-state index is 13.2. The van der Waals surface area contributed by atoms with Crippen LogP contribution < -0.4 is 5.32 Å². The van der Waals surface area contributed by atoms with Crippen LogP contribution in [0, 0.1) is 19.7 Å². The highest BCUT2D eigenvalue weighted by atomic mass is 32.1. The Hall–Kier alpha value is -3.33. The van der Waals surface area contributed by atoms with Crippen LogP contribution in [0.2, 0.25) is 0 Å². The minimum absolute atomic E-state index is 0.240. The third-order valence-corrected chi connectivity index (χ3v) is 5.57. The van der Waals surface area contributed by atoms with Crippen molar-refractivity contribution in [1.82, 2.24) is 15.0 Å². The summed E-state index contributed by atoms with van der Waals surface area (Å²) < 4.78 is 52.0. The van der Waals surface area contributed by atoms with Gasteiger partial charge >= 0.3 is 6.18 Å². The first-order valence-corrected chi connectivity index (χ1v) is 10.0. The summed E-state index contributed by atoms with van der Waals surface area (Å²) in [5.41, 5.74) is 2.20. The van der Waals surface area contributed by atoms with Crippen LogP contribution in [-0.2, 0) is 6.18 Å². The van der Waals surface area contributed by atoms with Gasteiger partial charge in [0.2, 0.25) is 5.95 Å². The van der Waals surface area contributed by atoms with Gasteiger partial charge in [0.1, 0.15) is 5.82 Å². The van der Waals surface area contributed by atoms with Crippen molar-refractivity contribution in [2.75, 3.05) is 5.32 Å². The number of hydrogen-bond acceptors (Lipinski definition) is 5. The Bertz CT molecular complexity index is 1220. The molecule has 0 saturated heterocycles. The zero-order valence-corrected chi connectivity index (χ0v) is 17.3. The molecule has 0 saturated carbocycles. The first kappa shape index (κ1) is 20.9. The monoisotopic (exact) mass is 444 g/mol. The molecule has 0 atom stereocenters. The van der Waals surface area contributed by atoms with Crippen LogP contribution in [0.1, 0.15) is 16.3 Å². The topological polar surface area (TPSA) is 50.7 Å². The molecular weight excluding hydrogens is 428 g/mol. The van der Waals surface area contributed by atoms with Crippen LogP contribution >= 0.6 is 11.3 Å². The van der Waals surface area contributed by atoms with Crippen molar-refractivity contribution in [3.05, 3.63) is 76.7 Å². The third kappa shape index (κ3) is 4.72. The minimum Gasteiger partial charge on any atom is -0.324 e. The highest BCUT2D eigenvalue weighted by molar-refractivity contribution is 7.15. The average molecular weight is 444 g/mol. The number of nitrogens with one attached hydrogen (secondary N) is 1. The first-order valence-electron chi connectivity index (χ1n) is 9.23. The van der Waals surface area contributed by atoms with Crippen molar-refractivity contribution in [2.24, 2.45) is 0 Å². The summed E-state index contributed by atoms with van der Waals surface area (Å²) in [4.78, 5) is 14.3. The Morgan fingerprint density at radius 1 is 0.839 bits per heavy atom. The molecule has 0 unspecified atom stereocenters. The standard InChI is InChI=1S/C22H16F4N4S/c1-12-20(31-13(2)27-12)19-11-18(14-3-5-15(6-4-14)22(24,25)26)29-21(30-19)28-17-9-7-16(23)8-10-17/h3-11H,1-2H3,(H,28,29,30). The van der Waals surface area contributed by atoms with Gasteiger partial charge in [0.15, 0.2) is 0 Å². The van der Waals surface area contributed by atoms with Crippen molar-refractivity contribution < 1.29 is 17.6 Å². The van der Waals surface area contributed by atoms with Crippen molar-refractivity contribution in [1.29, 1.82) is 0 Å². The Balaban J connectivity index is 1.79. The zero-order chi connectivity index (χ0) is 22.2. The molecule has 0 fully saturated rings. The second-order valence-electron chi connectivity index (χ2n) is 6.82. The molecule has 158 valence electrons. The van der Waals surface area contributed by atoms with E-state index in [9.17, 15) is 17.6 Å². The van der Waals surface area contributed by atoms with E-state index in [-0.39, 0.29) is 11.8 Å². The van der Waals surface area contributed by atoms with Gasteiger partial charge in [0, 0.05) is 11.3 Å². The number of nitrogens with zero attached hydrogens (tertiary/aromatic N) is 3. The van der Waals surface area contributed by atoms with Crippen LogP contribution in [0.15, 0.2) is 54.6 Å². The van der Waals surface area contributed by atoms with E-state index in [0.717, 1.165) is 27.7 Å². The molecule has 0 aliphatic heterocycles. The number of alkyl halides is 3. The molecule has 0 aliphatic carbocycles. The fraction of sp³-hybridized carbons (Fsp3) is 0.136. The predicted octanol–water partition coefficient (Wildman–Crippen LogP) is 6.79. The Morgan fingerprint density at radius 3 is 2.06 bits per heavy atom. The summed E-state index contributed by atoms with van der Waals surface area (Å²) >= 11 is 1.47. The molecule has 0 bridgehead atoms. The molecule has 2 aromatic carbocycles. The number of halogens is 4. The molecule has 9 heteroatoms. The molecule has 2 aromatic heterocycles. The van der Waals surface area contributed by atoms with E-state index in [1.807, 2.05) is 13.8 Å². The lowest BCUT2D eigenvalue weighted by molar-refractivity contribution is -0.137. The summed E-state index contributed by atoms with van der Waals surface area (Å²) in [5.74, 6) is -0.133. The number of benzene rings is 2. The van der Waals surface area contributed by atoms with Gasteiger partial charge in [0.05, 0.1) is 32.5 Å². The van der Waals surface area contributed by atoms with E-state index in [2.05, 4.69) is 20.3 Å². The molecule has 0 amide bonds. The maximum Gasteiger partial charge on any atom is 0.416 e. The van der Waals surface area contributed by atoms with E-state index in [0.29, 0.717) is 22.6 Å². The highest BCUT2D eigenvalue weighted by Gasteiger charge is 2.30. The predicted molar refractivity (Wildman–Crippen MR) is 113 cm³/mol. The fourth-order valence-corrected chi connectivity index (χ4v) is 3.91. The molecule has 4 aromatic rings. The lowest BCUT2D eigenvalue weighted by atomic mass is 10.1. The molecule has 4 nitrogen and oxygen atoms in total. The summed E-state index contributed by atoms with van der Waals surface area (Å²) in [6.07, 6.45) is -4.41. The Morgan fingerprint density at radius 2 is 1.48 bits per heavy atom. The number of aromatic nitrogens is 3. The van der Waals surface area contributed by atoms with Crippen LogP contribution in [-0.4, -0.2) is 15.0 Å². The number of thiazole rings is 1. The minimum atomic E-state index is -4.41. The summed E-state index contributed by atoms with van der Waals surface area (Å²) in [5, 5.41) is 3.90. The molecule has 0 radical (unpaired) electrons. The van der Waals surface area contributed by atoms with Gasteiger partial charge in [-0.05, 0) is 56.3 Å². The molecule has 2 heterocycles. The second kappa shape index (κ2) is 8.07. The van der Waals surface area contributed by atoms with Crippen LogP contribution in [0.3, 0.4) is 0 Å². The lowest BCUT2D eigenvalue weighted by Gasteiger charge is -2.11. The van der Waals surface area contributed by atoms with Gasteiger partial charge in [-0.2, -0.15) is 13.2 Å². The fourth-order valence-electron chi connectivity index (χ4n) is 3.03. The SMILES string of the molecule is Cc1nc(C)c(-c2cc(-c3ccc(C(F)(F)F)cc3)nc(Nc3ccc(F)cc3)n2)s1. The average Bonchev–Trinajstić information content (AvgIpc) is 3.07. The van der Waals surface area contributed by atoms with E-state index >= 15 is 0 Å². The van der Waals surface area contributed by atoms with Crippen LogP contribution in [0.4, 0.5) is 29.2 Å². The van der Waals surface area contributed by atoms with Crippen molar-refractivity contribution in [3.63, 3.8) is 0 Å². The quantitative estimate of drug-likeness (QED) is 0.352. The summed E-state index contributed by atoms with van der Waals surface area (Å²) in [6.45, 7) is 3.75. The summed E-state index contributed by atoms with van der Waals surface area (Å²) in [6, 6.07) is 12.2. The molecule has 31 heavy (non-hydrogen) atoms. The Kier molecular flexibility index (Phi) is 5.45. The number of rotatable bonds is 4. The van der Waals surface area contributed by atoms with Gasteiger partial charge < -0.3 is 5.32 Å². The number of aryl methyl sites for hydroxylation is 2. The first-order chi connectivity index (χ1) is 14.7. The van der Waals surface area contributed by atoms with Gasteiger partial charge in [-0.3, -0.25) is 0 Å². The van der Waals surface area contributed by atoms with Gasteiger partial charge in [-0.15, -0.1) is 11.3 Å². The lowest BCUT2D eigenvalue weighted by Crippen LogP contribution is -2.04.